The second kappa shape index (κ2) is 8.13. The van der Waals surface area contributed by atoms with Gasteiger partial charge in [0.15, 0.2) is 0 Å². The Morgan fingerprint density at radius 1 is 1.09 bits per heavy atom. The molecule has 0 spiro atoms. The second-order valence-corrected chi connectivity index (χ2v) is 9.60. The number of carbonyl (C=O) groups is 1. The molecule has 5 rings (SSSR count). The first-order chi connectivity index (χ1) is 16.2. The molecule has 2 aromatic heterocycles. The van der Waals surface area contributed by atoms with Gasteiger partial charge in [-0.25, -0.2) is 9.78 Å². The monoisotopic (exact) mass is 457 g/mol. The summed E-state index contributed by atoms with van der Waals surface area (Å²) in [5.74, 6) is 0. The molecule has 0 saturated heterocycles. The maximum atomic E-state index is 13.4. The van der Waals surface area contributed by atoms with Crippen LogP contribution in [0.2, 0.25) is 0 Å². The lowest BCUT2D eigenvalue weighted by molar-refractivity contribution is 0.0270. The third kappa shape index (κ3) is 4.19. The second-order valence-electron chi connectivity index (χ2n) is 9.60. The lowest BCUT2D eigenvalue weighted by Gasteiger charge is -2.29. The molecule has 0 N–H and O–H groups in total. The summed E-state index contributed by atoms with van der Waals surface area (Å²) in [5.41, 5.74) is 3.70. The van der Waals surface area contributed by atoms with Crippen LogP contribution >= 0.6 is 0 Å². The Morgan fingerprint density at radius 2 is 1.88 bits per heavy atom. The molecular formula is C26H27N5O3. The molecule has 8 heteroatoms. The molecule has 0 aliphatic carbocycles. The van der Waals surface area contributed by atoms with E-state index in [0.29, 0.717) is 30.4 Å². The number of aryl methyl sites for hydroxylation is 1. The predicted octanol–water partition coefficient (Wildman–Crippen LogP) is 4.30. The summed E-state index contributed by atoms with van der Waals surface area (Å²) in [6, 6.07) is 11.5. The Morgan fingerprint density at radius 3 is 2.62 bits per heavy atom. The van der Waals surface area contributed by atoms with Crippen molar-refractivity contribution in [1.82, 2.24) is 24.2 Å². The van der Waals surface area contributed by atoms with Gasteiger partial charge >= 0.3 is 6.09 Å². The van der Waals surface area contributed by atoms with Crippen molar-refractivity contribution in [3.8, 4) is 5.69 Å². The fraction of sp³-hybridized carbons (Fsp3) is 0.308. The van der Waals surface area contributed by atoms with Crippen molar-refractivity contribution in [3.05, 3.63) is 70.9 Å². The van der Waals surface area contributed by atoms with Gasteiger partial charge in [-0.15, -0.1) is 0 Å². The number of ether oxygens (including phenoxy) is 1. The summed E-state index contributed by atoms with van der Waals surface area (Å²) in [6.45, 7) is 6.63. The zero-order valence-electron chi connectivity index (χ0n) is 19.8. The maximum absolute atomic E-state index is 13.4. The maximum Gasteiger partial charge on any atom is 0.410 e. The Hall–Kier alpha value is -3.94. The minimum atomic E-state index is -0.520. The van der Waals surface area contributed by atoms with Crippen LogP contribution in [0.4, 0.5) is 4.79 Å². The lowest BCUT2D eigenvalue weighted by atomic mass is 9.98. The standard InChI is InChI=1S/C26H27N5O3/c1-26(2,3)34-25(33)30-11-9-17(10-12-30)18-5-7-23-21(14-18)24(32)31(16-27-23)20-6-8-22-19(13-20)15-29(4)28-22/h5-9,13-16H,10-12H2,1-4H3. The summed E-state index contributed by atoms with van der Waals surface area (Å²) >= 11 is 0. The van der Waals surface area contributed by atoms with Gasteiger partial charge in [0.1, 0.15) is 11.9 Å². The Balaban J connectivity index is 1.46. The highest BCUT2D eigenvalue weighted by molar-refractivity contribution is 5.84. The van der Waals surface area contributed by atoms with E-state index in [1.54, 1.807) is 20.5 Å². The SMILES string of the molecule is Cn1cc2cc(-n3cnc4ccc(C5=CCN(C(=O)OC(C)(C)C)CC5)cc4c3=O)ccc2n1. The molecule has 1 amide bonds. The number of hydrogen-bond acceptors (Lipinski definition) is 5. The molecule has 1 aliphatic rings. The van der Waals surface area contributed by atoms with E-state index < -0.39 is 5.60 Å². The van der Waals surface area contributed by atoms with Crippen LogP contribution in [-0.4, -0.2) is 49.0 Å². The number of hydrogen-bond donors (Lipinski definition) is 0. The van der Waals surface area contributed by atoms with Crippen molar-refractivity contribution >= 4 is 33.5 Å². The summed E-state index contributed by atoms with van der Waals surface area (Å²) in [7, 11) is 1.87. The van der Waals surface area contributed by atoms with Gasteiger partial charge in [-0.1, -0.05) is 12.1 Å². The predicted molar refractivity (Wildman–Crippen MR) is 132 cm³/mol. The first-order valence-electron chi connectivity index (χ1n) is 11.3. The Bertz CT molecular complexity index is 1510. The van der Waals surface area contributed by atoms with E-state index in [1.807, 2.05) is 76.5 Å². The normalized spacial score (nSPS) is 14.5. The van der Waals surface area contributed by atoms with E-state index in [2.05, 4.69) is 10.1 Å². The van der Waals surface area contributed by atoms with Crippen molar-refractivity contribution in [1.29, 1.82) is 0 Å². The van der Waals surface area contributed by atoms with Crippen LogP contribution in [0.3, 0.4) is 0 Å². The molecule has 34 heavy (non-hydrogen) atoms. The van der Waals surface area contributed by atoms with Gasteiger partial charge in [-0.3, -0.25) is 14.0 Å². The topological polar surface area (TPSA) is 82.3 Å². The molecule has 4 aromatic rings. The summed E-state index contributed by atoms with van der Waals surface area (Å²) in [4.78, 5) is 31.9. The zero-order valence-corrected chi connectivity index (χ0v) is 19.8. The summed E-state index contributed by atoms with van der Waals surface area (Å²) in [6.07, 6.45) is 5.91. The highest BCUT2D eigenvalue weighted by atomic mass is 16.6. The van der Waals surface area contributed by atoms with Crippen LogP contribution in [0.1, 0.15) is 32.8 Å². The van der Waals surface area contributed by atoms with E-state index in [0.717, 1.165) is 27.7 Å². The van der Waals surface area contributed by atoms with Crippen molar-refractivity contribution in [2.75, 3.05) is 13.1 Å². The minimum Gasteiger partial charge on any atom is -0.444 e. The average molecular weight is 458 g/mol. The van der Waals surface area contributed by atoms with Crippen LogP contribution in [0.5, 0.6) is 0 Å². The fourth-order valence-electron chi connectivity index (χ4n) is 4.22. The first-order valence-corrected chi connectivity index (χ1v) is 11.3. The van der Waals surface area contributed by atoms with Crippen LogP contribution in [-0.2, 0) is 11.8 Å². The number of aromatic nitrogens is 4. The van der Waals surface area contributed by atoms with Gasteiger partial charge < -0.3 is 9.64 Å². The molecule has 174 valence electrons. The van der Waals surface area contributed by atoms with Gasteiger partial charge in [-0.2, -0.15) is 5.10 Å². The van der Waals surface area contributed by atoms with E-state index in [9.17, 15) is 9.59 Å². The van der Waals surface area contributed by atoms with Crippen LogP contribution in [0, 0.1) is 0 Å². The van der Waals surface area contributed by atoms with Crippen LogP contribution < -0.4 is 5.56 Å². The summed E-state index contributed by atoms with van der Waals surface area (Å²) in [5, 5.41) is 5.91. The van der Waals surface area contributed by atoms with E-state index in [1.165, 1.54) is 0 Å². The molecule has 1 aliphatic heterocycles. The molecule has 8 nitrogen and oxygen atoms in total. The van der Waals surface area contributed by atoms with Crippen LogP contribution in [0.25, 0.3) is 33.1 Å². The highest BCUT2D eigenvalue weighted by Crippen LogP contribution is 2.25. The summed E-state index contributed by atoms with van der Waals surface area (Å²) < 4.78 is 8.80. The molecule has 0 atom stereocenters. The number of rotatable bonds is 2. The minimum absolute atomic E-state index is 0.123. The molecule has 2 aromatic carbocycles. The molecule has 0 saturated carbocycles. The van der Waals surface area contributed by atoms with Gasteiger partial charge in [0.05, 0.1) is 22.1 Å². The van der Waals surface area contributed by atoms with E-state index >= 15 is 0 Å². The van der Waals surface area contributed by atoms with Gasteiger partial charge in [-0.05, 0) is 68.7 Å². The lowest BCUT2D eigenvalue weighted by Crippen LogP contribution is -2.39. The number of fused-ring (bicyclic) bond motifs is 2. The molecule has 0 radical (unpaired) electrons. The molecule has 0 unspecified atom stereocenters. The molecule has 0 bridgehead atoms. The smallest absolute Gasteiger partial charge is 0.410 e. The number of carbonyl (C=O) groups excluding carboxylic acids is 1. The van der Waals surface area contributed by atoms with Gasteiger partial charge in [0.25, 0.3) is 5.56 Å². The van der Waals surface area contributed by atoms with Crippen molar-refractivity contribution < 1.29 is 9.53 Å². The van der Waals surface area contributed by atoms with Crippen molar-refractivity contribution in [3.63, 3.8) is 0 Å². The first kappa shape index (κ1) is 21.9. The van der Waals surface area contributed by atoms with E-state index in [-0.39, 0.29) is 11.7 Å². The van der Waals surface area contributed by atoms with E-state index in [4.69, 9.17) is 4.74 Å². The number of nitrogens with zero attached hydrogens (tertiary/aromatic N) is 5. The van der Waals surface area contributed by atoms with Crippen molar-refractivity contribution in [2.24, 2.45) is 7.05 Å². The average Bonchev–Trinajstić information content (AvgIpc) is 3.17. The highest BCUT2D eigenvalue weighted by Gasteiger charge is 2.24. The third-order valence-corrected chi connectivity index (χ3v) is 5.87. The molecular weight excluding hydrogens is 430 g/mol. The zero-order chi connectivity index (χ0) is 24.0. The van der Waals surface area contributed by atoms with Crippen LogP contribution in [0.15, 0.2) is 59.8 Å². The Labute approximate surface area is 197 Å². The Kier molecular flexibility index (Phi) is 5.23. The quantitative estimate of drug-likeness (QED) is 0.448. The fourth-order valence-corrected chi connectivity index (χ4v) is 4.22. The molecule has 0 fully saturated rings. The van der Waals surface area contributed by atoms with Gasteiger partial charge in [0.2, 0.25) is 0 Å². The number of benzene rings is 2. The third-order valence-electron chi connectivity index (χ3n) is 5.87. The molecule has 3 heterocycles. The van der Waals surface area contributed by atoms with Crippen molar-refractivity contribution in [2.45, 2.75) is 32.8 Å². The largest absolute Gasteiger partial charge is 0.444 e. The number of amides is 1. The van der Waals surface area contributed by atoms with Gasteiger partial charge in [0, 0.05) is 31.7 Å².